The predicted molar refractivity (Wildman–Crippen MR) is 57.1 cm³/mol. The van der Waals surface area contributed by atoms with Crippen molar-refractivity contribution in [3.05, 3.63) is 29.8 Å². The molecule has 0 aliphatic rings. The SMILES string of the molecule is NC(CO)Cc1ccccc1SC(F)(F)F. The minimum atomic E-state index is -4.31. The summed E-state index contributed by atoms with van der Waals surface area (Å²) >= 11 is -0.157. The number of benzene rings is 1. The van der Waals surface area contributed by atoms with Gasteiger partial charge in [-0.3, -0.25) is 0 Å². The molecular formula is C10H12F3NOS. The van der Waals surface area contributed by atoms with Gasteiger partial charge in [-0.05, 0) is 29.8 Å². The van der Waals surface area contributed by atoms with E-state index in [1.165, 1.54) is 6.07 Å². The quantitative estimate of drug-likeness (QED) is 0.806. The van der Waals surface area contributed by atoms with E-state index in [0.717, 1.165) is 0 Å². The summed E-state index contributed by atoms with van der Waals surface area (Å²) in [5.74, 6) is 0. The van der Waals surface area contributed by atoms with E-state index in [1.54, 1.807) is 18.2 Å². The fraction of sp³-hybridized carbons (Fsp3) is 0.400. The summed E-state index contributed by atoms with van der Waals surface area (Å²) in [5, 5.41) is 8.77. The molecule has 0 spiro atoms. The van der Waals surface area contributed by atoms with Gasteiger partial charge >= 0.3 is 5.51 Å². The summed E-state index contributed by atoms with van der Waals surface area (Å²) in [7, 11) is 0. The lowest BCUT2D eigenvalue weighted by Crippen LogP contribution is -2.27. The highest BCUT2D eigenvalue weighted by atomic mass is 32.2. The highest BCUT2D eigenvalue weighted by Crippen LogP contribution is 2.38. The molecule has 0 aliphatic heterocycles. The van der Waals surface area contributed by atoms with Crippen molar-refractivity contribution < 1.29 is 18.3 Å². The third kappa shape index (κ3) is 4.42. The molecule has 2 nitrogen and oxygen atoms in total. The first-order valence-electron chi connectivity index (χ1n) is 4.62. The zero-order valence-electron chi connectivity index (χ0n) is 8.37. The molecule has 0 heterocycles. The van der Waals surface area contributed by atoms with Gasteiger partial charge in [-0.1, -0.05) is 18.2 Å². The topological polar surface area (TPSA) is 46.2 Å². The summed E-state index contributed by atoms with van der Waals surface area (Å²) < 4.78 is 36.7. The lowest BCUT2D eigenvalue weighted by Gasteiger charge is -2.13. The molecule has 1 rings (SSSR count). The summed E-state index contributed by atoms with van der Waals surface area (Å²) in [6.45, 7) is -0.245. The highest BCUT2D eigenvalue weighted by Gasteiger charge is 2.30. The van der Waals surface area contributed by atoms with Crippen molar-refractivity contribution in [2.45, 2.75) is 22.9 Å². The average molecular weight is 251 g/mol. The molecule has 0 saturated heterocycles. The van der Waals surface area contributed by atoms with E-state index in [-0.39, 0.29) is 29.7 Å². The van der Waals surface area contributed by atoms with E-state index < -0.39 is 11.6 Å². The zero-order valence-corrected chi connectivity index (χ0v) is 9.18. The molecule has 3 N–H and O–H groups in total. The monoisotopic (exact) mass is 251 g/mol. The lowest BCUT2D eigenvalue weighted by molar-refractivity contribution is -0.0328. The Labute approximate surface area is 95.6 Å². The van der Waals surface area contributed by atoms with Crippen LogP contribution < -0.4 is 5.73 Å². The number of halogens is 3. The number of aliphatic hydroxyl groups is 1. The Morgan fingerprint density at radius 3 is 2.50 bits per heavy atom. The van der Waals surface area contributed by atoms with E-state index in [1.807, 2.05) is 0 Å². The van der Waals surface area contributed by atoms with Crippen molar-refractivity contribution in [1.82, 2.24) is 0 Å². The lowest BCUT2D eigenvalue weighted by atomic mass is 10.1. The third-order valence-corrected chi connectivity index (χ3v) is 2.76. The Morgan fingerprint density at radius 1 is 1.31 bits per heavy atom. The molecule has 0 aliphatic carbocycles. The summed E-state index contributed by atoms with van der Waals surface area (Å²) in [6, 6.07) is 5.65. The van der Waals surface area contributed by atoms with Crippen LogP contribution in [-0.2, 0) is 6.42 Å². The van der Waals surface area contributed by atoms with Gasteiger partial charge in [-0.2, -0.15) is 13.2 Å². The number of nitrogens with two attached hydrogens (primary N) is 1. The standard InChI is InChI=1S/C10H12F3NOS/c11-10(12,13)16-9-4-2-1-3-7(9)5-8(14)6-15/h1-4,8,15H,5-6,14H2. The van der Waals surface area contributed by atoms with Crippen LogP contribution in [0.5, 0.6) is 0 Å². The Morgan fingerprint density at radius 2 is 1.94 bits per heavy atom. The first-order chi connectivity index (χ1) is 7.42. The molecule has 1 aromatic carbocycles. The summed E-state index contributed by atoms with van der Waals surface area (Å²) in [4.78, 5) is 0.138. The van der Waals surface area contributed by atoms with Gasteiger partial charge in [-0.15, -0.1) is 0 Å². The Hall–Kier alpha value is -0.720. The molecule has 0 fully saturated rings. The van der Waals surface area contributed by atoms with Gasteiger partial charge in [0.1, 0.15) is 0 Å². The van der Waals surface area contributed by atoms with Crippen LogP contribution in [0.4, 0.5) is 13.2 Å². The molecule has 0 amide bonds. The van der Waals surface area contributed by atoms with Crippen LogP contribution in [0.3, 0.4) is 0 Å². The van der Waals surface area contributed by atoms with E-state index in [4.69, 9.17) is 10.8 Å². The molecule has 16 heavy (non-hydrogen) atoms. The highest BCUT2D eigenvalue weighted by molar-refractivity contribution is 8.00. The van der Waals surface area contributed by atoms with Crippen molar-refractivity contribution in [2.24, 2.45) is 5.73 Å². The van der Waals surface area contributed by atoms with Gasteiger partial charge in [-0.25, -0.2) is 0 Å². The van der Waals surface area contributed by atoms with E-state index in [2.05, 4.69) is 0 Å². The molecule has 0 saturated carbocycles. The number of alkyl halides is 3. The summed E-state index contributed by atoms with van der Waals surface area (Å²) in [5.41, 5.74) is 1.70. The summed E-state index contributed by atoms with van der Waals surface area (Å²) in [6.07, 6.45) is 0.232. The maximum absolute atomic E-state index is 12.2. The molecule has 0 radical (unpaired) electrons. The molecule has 1 unspecified atom stereocenters. The van der Waals surface area contributed by atoms with Crippen LogP contribution in [-0.4, -0.2) is 23.3 Å². The van der Waals surface area contributed by atoms with Crippen LogP contribution in [0.15, 0.2) is 29.2 Å². The predicted octanol–water partition coefficient (Wildman–Crippen LogP) is 2.16. The Balaban J connectivity index is 2.83. The molecule has 0 aromatic heterocycles. The third-order valence-electron chi connectivity index (χ3n) is 1.91. The first kappa shape index (κ1) is 13.3. The Bertz CT molecular complexity index is 343. The van der Waals surface area contributed by atoms with Crippen LogP contribution in [0.1, 0.15) is 5.56 Å². The van der Waals surface area contributed by atoms with Crippen molar-refractivity contribution >= 4 is 11.8 Å². The van der Waals surface area contributed by atoms with E-state index in [9.17, 15) is 13.2 Å². The fourth-order valence-electron chi connectivity index (χ4n) is 1.24. The number of rotatable bonds is 4. The average Bonchev–Trinajstić information content (AvgIpc) is 2.18. The number of thioether (sulfide) groups is 1. The number of hydrogen-bond donors (Lipinski definition) is 2. The van der Waals surface area contributed by atoms with Crippen molar-refractivity contribution in [3.63, 3.8) is 0 Å². The van der Waals surface area contributed by atoms with Crippen LogP contribution >= 0.6 is 11.8 Å². The van der Waals surface area contributed by atoms with Crippen LogP contribution in [0.25, 0.3) is 0 Å². The zero-order chi connectivity index (χ0) is 12.2. The second-order valence-electron chi connectivity index (χ2n) is 3.30. The fourth-order valence-corrected chi connectivity index (χ4v) is 1.92. The molecule has 1 aromatic rings. The van der Waals surface area contributed by atoms with E-state index in [0.29, 0.717) is 5.56 Å². The van der Waals surface area contributed by atoms with Gasteiger partial charge < -0.3 is 10.8 Å². The van der Waals surface area contributed by atoms with Crippen molar-refractivity contribution in [1.29, 1.82) is 0 Å². The second-order valence-corrected chi connectivity index (χ2v) is 4.41. The Kier molecular flexibility index (Phi) is 4.64. The van der Waals surface area contributed by atoms with Gasteiger partial charge in [0.05, 0.1) is 6.61 Å². The largest absolute Gasteiger partial charge is 0.446 e. The molecule has 1 atom stereocenters. The number of hydrogen-bond acceptors (Lipinski definition) is 3. The van der Waals surface area contributed by atoms with Gasteiger partial charge in [0.15, 0.2) is 0 Å². The molecular weight excluding hydrogens is 239 g/mol. The van der Waals surface area contributed by atoms with Crippen LogP contribution in [0.2, 0.25) is 0 Å². The maximum Gasteiger partial charge on any atom is 0.446 e. The van der Waals surface area contributed by atoms with E-state index >= 15 is 0 Å². The van der Waals surface area contributed by atoms with Crippen molar-refractivity contribution in [3.8, 4) is 0 Å². The van der Waals surface area contributed by atoms with Gasteiger partial charge in [0, 0.05) is 10.9 Å². The number of aliphatic hydroxyl groups excluding tert-OH is 1. The van der Waals surface area contributed by atoms with Gasteiger partial charge in [0.2, 0.25) is 0 Å². The first-order valence-corrected chi connectivity index (χ1v) is 5.44. The molecule has 0 bridgehead atoms. The second kappa shape index (κ2) is 5.56. The normalized spacial score (nSPS) is 13.8. The van der Waals surface area contributed by atoms with Crippen LogP contribution in [0, 0.1) is 0 Å². The molecule has 90 valence electrons. The maximum atomic E-state index is 12.2. The van der Waals surface area contributed by atoms with Gasteiger partial charge in [0.25, 0.3) is 0 Å². The smallest absolute Gasteiger partial charge is 0.395 e. The molecule has 6 heteroatoms. The minimum absolute atomic E-state index is 0.138. The minimum Gasteiger partial charge on any atom is -0.395 e. The van der Waals surface area contributed by atoms with Crippen molar-refractivity contribution in [2.75, 3.05) is 6.61 Å².